The molecule has 3 N–H and O–H groups in total. The Labute approximate surface area is 104 Å². The minimum atomic E-state index is 0.00692. The molecular formula is C13H23N3O. The SMILES string of the molecule is C#CCNC(=O)CN(CC)C1CCCC1CN. The topological polar surface area (TPSA) is 58.4 Å². The summed E-state index contributed by atoms with van der Waals surface area (Å²) in [6.07, 6.45) is 8.66. The van der Waals surface area contributed by atoms with Crippen LogP contribution in [0.1, 0.15) is 26.2 Å². The van der Waals surface area contributed by atoms with E-state index in [4.69, 9.17) is 12.2 Å². The van der Waals surface area contributed by atoms with Crippen LogP contribution < -0.4 is 11.1 Å². The maximum Gasteiger partial charge on any atom is 0.234 e. The Bertz CT molecular complexity index is 285. The van der Waals surface area contributed by atoms with Crippen molar-refractivity contribution in [2.45, 2.75) is 32.2 Å². The first-order valence-electron chi connectivity index (χ1n) is 6.37. The van der Waals surface area contributed by atoms with Crippen molar-refractivity contribution in [1.29, 1.82) is 0 Å². The predicted molar refractivity (Wildman–Crippen MR) is 69.3 cm³/mol. The van der Waals surface area contributed by atoms with E-state index in [1.807, 2.05) is 0 Å². The van der Waals surface area contributed by atoms with E-state index < -0.39 is 0 Å². The fourth-order valence-corrected chi connectivity index (χ4v) is 2.63. The number of carbonyl (C=O) groups excluding carboxylic acids is 1. The molecule has 1 rings (SSSR count). The molecule has 1 fully saturated rings. The van der Waals surface area contributed by atoms with Gasteiger partial charge in [0.2, 0.25) is 5.91 Å². The summed E-state index contributed by atoms with van der Waals surface area (Å²) in [7, 11) is 0. The molecule has 0 spiro atoms. The van der Waals surface area contributed by atoms with Gasteiger partial charge in [0.15, 0.2) is 0 Å². The van der Waals surface area contributed by atoms with Crippen LogP contribution >= 0.6 is 0 Å². The van der Waals surface area contributed by atoms with E-state index in [2.05, 4.69) is 23.1 Å². The van der Waals surface area contributed by atoms with Gasteiger partial charge in [0.1, 0.15) is 0 Å². The molecule has 0 bridgehead atoms. The molecule has 2 unspecified atom stereocenters. The van der Waals surface area contributed by atoms with Crippen molar-refractivity contribution in [3.63, 3.8) is 0 Å². The normalized spacial score (nSPS) is 23.6. The minimum Gasteiger partial charge on any atom is -0.344 e. The van der Waals surface area contributed by atoms with Crippen LogP contribution in [0.3, 0.4) is 0 Å². The summed E-state index contributed by atoms with van der Waals surface area (Å²) in [5, 5.41) is 2.71. The van der Waals surface area contributed by atoms with Gasteiger partial charge in [-0.05, 0) is 31.8 Å². The first-order valence-corrected chi connectivity index (χ1v) is 6.37. The van der Waals surface area contributed by atoms with E-state index in [1.54, 1.807) is 0 Å². The highest BCUT2D eigenvalue weighted by atomic mass is 16.2. The average molecular weight is 237 g/mol. The highest BCUT2D eigenvalue weighted by molar-refractivity contribution is 5.78. The number of terminal acetylenes is 1. The van der Waals surface area contributed by atoms with Crippen LogP contribution in [-0.4, -0.2) is 43.0 Å². The van der Waals surface area contributed by atoms with Gasteiger partial charge >= 0.3 is 0 Å². The number of hydrogen-bond donors (Lipinski definition) is 2. The van der Waals surface area contributed by atoms with E-state index >= 15 is 0 Å². The molecule has 0 aromatic rings. The largest absolute Gasteiger partial charge is 0.344 e. The lowest BCUT2D eigenvalue weighted by Gasteiger charge is -2.31. The van der Waals surface area contributed by atoms with Crippen LogP contribution in [0.2, 0.25) is 0 Å². The van der Waals surface area contributed by atoms with Crippen molar-refractivity contribution in [3.05, 3.63) is 0 Å². The molecule has 0 aliphatic heterocycles. The maximum atomic E-state index is 11.6. The van der Waals surface area contributed by atoms with Crippen LogP contribution in [-0.2, 0) is 4.79 Å². The minimum absolute atomic E-state index is 0.00692. The molecular weight excluding hydrogens is 214 g/mol. The monoisotopic (exact) mass is 237 g/mol. The molecule has 96 valence electrons. The lowest BCUT2D eigenvalue weighted by Crippen LogP contribution is -2.45. The number of nitrogens with two attached hydrogens (primary N) is 1. The summed E-state index contributed by atoms with van der Waals surface area (Å²) in [5.74, 6) is 2.95. The Morgan fingerprint density at radius 1 is 1.59 bits per heavy atom. The molecule has 0 radical (unpaired) electrons. The zero-order valence-corrected chi connectivity index (χ0v) is 10.6. The second-order valence-electron chi connectivity index (χ2n) is 4.54. The Morgan fingerprint density at radius 2 is 2.35 bits per heavy atom. The van der Waals surface area contributed by atoms with E-state index in [9.17, 15) is 4.79 Å². The molecule has 1 saturated carbocycles. The second-order valence-corrected chi connectivity index (χ2v) is 4.54. The molecule has 0 heterocycles. The lowest BCUT2D eigenvalue weighted by atomic mass is 10.0. The summed E-state index contributed by atoms with van der Waals surface area (Å²) in [6.45, 7) is 4.42. The predicted octanol–water partition coefficient (Wildman–Crippen LogP) is 0.185. The van der Waals surface area contributed by atoms with Gasteiger partial charge in [0, 0.05) is 6.04 Å². The Balaban J connectivity index is 2.47. The van der Waals surface area contributed by atoms with Crippen molar-refractivity contribution in [3.8, 4) is 12.3 Å². The van der Waals surface area contributed by atoms with Gasteiger partial charge in [-0.15, -0.1) is 6.42 Å². The van der Waals surface area contributed by atoms with Gasteiger partial charge in [0.25, 0.3) is 0 Å². The number of nitrogens with zero attached hydrogens (tertiary/aromatic N) is 1. The highest BCUT2D eigenvalue weighted by Crippen LogP contribution is 2.28. The number of carbonyl (C=O) groups is 1. The Kier molecular flexibility index (Phi) is 6.03. The van der Waals surface area contributed by atoms with Gasteiger partial charge in [-0.1, -0.05) is 19.3 Å². The summed E-state index contributed by atoms with van der Waals surface area (Å²) >= 11 is 0. The maximum absolute atomic E-state index is 11.6. The lowest BCUT2D eigenvalue weighted by molar-refractivity contribution is -0.122. The quantitative estimate of drug-likeness (QED) is 0.648. The van der Waals surface area contributed by atoms with Gasteiger partial charge in [-0.3, -0.25) is 9.69 Å². The van der Waals surface area contributed by atoms with Gasteiger partial charge in [-0.2, -0.15) is 0 Å². The standard InChI is InChI=1S/C13H23N3O/c1-3-8-15-13(17)10-16(4-2)12-7-5-6-11(12)9-14/h1,11-12H,4-10,14H2,2H3,(H,15,17). The zero-order chi connectivity index (χ0) is 12.7. The Morgan fingerprint density at radius 3 is 2.94 bits per heavy atom. The molecule has 1 aliphatic rings. The first kappa shape index (κ1) is 14.0. The van der Waals surface area contributed by atoms with E-state index in [1.165, 1.54) is 12.8 Å². The van der Waals surface area contributed by atoms with Crippen molar-refractivity contribution < 1.29 is 4.79 Å². The van der Waals surface area contributed by atoms with Crippen LogP contribution in [0, 0.1) is 18.3 Å². The number of nitrogens with one attached hydrogen (secondary N) is 1. The number of likely N-dealkylation sites (N-methyl/N-ethyl adjacent to an activating group) is 1. The average Bonchev–Trinajstić information content (AvgIpc) is 2.81. The van der Waals surface area contributed by atoms with Gasteiger partial charge < -0.3 is 11.1 Å². The van der Waals surface area contributed by atoms with Crippen molar-refractivity contribution in [1.82, 2.24) is 10.2 Å². The van der Waals surface area contributed by atoms with Gasteiger partial charge in [-0.25, -0.2) is 0 Å². The highest BCUT2D eigenvalue weighted by Gasteiger charge is 2.31. The molecule has 1 aliphatic carbocycles. The van der Waals surface area contributed by atoms with Crippen LogP contribution in [0.25, 0.3) is 0 Å². The van der Waals surface area contributed by atoms with E-state index in [0.717, 1.165) is 13.0 Å². The number of rotatable bonds is 6. The number of amides is 1. The molecule has 0 aromatic carbocycles. The third-order valence-corrected chi connectivity index (χ3v) is 3.53. The zero-order valence-electron chi connectivity index (χ0n) is 10.6. The van der Waals surface area contributed by atoms with Crippen LogP contribution in [0.15, 0.2) is 0 Å². The van der Waals surface area contributed by atoms with Gasteiger partial charge in [0.05, 0.1) is 13.1 Å². The summed E-state index contributed by atoms with van der Waals surface area (Å²) in [4.78, 5) is 13.9. The van der Waals surface area contributed by atoms with Crippen molar-refractivity contribution in [2.24, 2.45) is 11.7 Å². The molecule has 4 heteroatoms. The third kappa shape index (κ3) is 4.03. The molecule has 1 amide bonds. The molecule has 2 atom stereocenters. The first-order chi connectivity index (χ1) is 8.22. The molecule has 17 heavy (non-hydrogen) atoms. The Hall–Kier alpha value is -1.05. The van der Waals surface area contributed by atoms with E-state index in [-0.39, 0.29) is 5.91 Å². The molecule has 0 saturated heterocycles. The summed E-state index contributed by atoms with van der Waals surface area (Å²) in [6, 6.07) is 0.460. The summed E-state index contributed by atoms with van der Waals surface area (Å²) in [5.41, 5.74) is 5.77. The fraction of sp³-hybridized carbons (Fsp3) is 0.769. The summed E-state index contributed by atoms with van der Waals surface area (Å²) < 4.78 is 0. The smallest absolute Gasteiger partial charge is 0.234 e. The molecule has 0 aromatic heterocycles. The van der Waals surface area contributed by atoms with Crippen LogP contribution in [0.4, 0.5) is 0 Å². The van der Waals surface area contributed by atoms with Crippen molar-refractivity contribution >= 4 is 5.91 Å². The molecule has 4 nitrogen and oxygen atoms in total. The van der Waals surface area contributed by atoms with E-state index in [0.29, 0.717) is 31.6 Å². The second kappa shape index (κ2) is 7.31. The third-order valence-electron chi connectivity index (χ3n) is 3.53. The van der Waals surface area contributed by atoms with Crippen LogP contribution in [0.5, 0.6) is 0 Å². The number of hydrogen-bond acceptors (Lipinski definition) is 3. The fourth-order valence-electron chi connectivity index (χ4n) is 2.63. The van der Waals surface area contributed by atoms with Crippen molar-refractivity contribution in [2.75, 3.05) is 26.2 Å².